The van der Waals surface area contributed by atoms with E-state index in [-0.39, 0.29) is 17.2 Å². The Hall–Kier alpha value is -4.07. The van der Waals surface area contributed by atoms with Gasteiger partial charge in [-0.25, -0.2) is 13.8 Å². The predicted molar refractivity (Wildman–Crippen MR) is 167 cm³/mol. The van der Waals surface area contributed by atoms with Gasteiger partial charge >= 0.3 is 0 Å². The lowest BCUT2D eigenvalue weighted by Gasteiger charge is -2.31. The fourth-order valence-corrected chi connectivity index (χ4v) is 8.38. The monoisotopic (exact) mass is 587 g/mol. The second-order valence-corrected chi connectivity index (χ2v) is 14.1. The van der Waals surface area contributed by atoms with E-state index in [4.69, 9.17) is 4.98 Å². The van der Waals surface area contributed by atoms with Crippen LogP contribution in [-0.4, -0.2) is 51.4 Å². The SMILES string of the molecule is Cc1cc(F)ccc1Nc1nc2ccc3c(C)c(/C=C/CN4CCP(=O)(c5ccc(F)cc5)CC4)[nH]c(=O)c3c2n1C. The molecule has 7 nitrogen and oxygen atoms in total. The molecule has 5 aromatic rings. The van der Waals surface area contributed by atoms with Crippen LogP contribution < -0.4 is 16.2 Å². The number of imidazole rings is 1. The van der Waals surface area contributed by atoms with E-state index < -0.39 is 7.14 Å². The molecule has 0 spiro atoms. The molecule has 216 valence electrons. The first-order valence-electron chi connectivity index (χ1n) is 13.9. The number of hydrogen-bond acceptors (Lipinski definition) is 5. The van der Waals surface area contributed by atoms with E-state index >= 15 is 0 Å². The van der Waals surface area contributed by atoms with Crippen LogP contribution in [0.25, 0.3) is 27.9 Å². The Labute approximate surface area is 242 Å². The molecule has 0 bridgehead atoms. The van der Waals surface area contributed by atoms with Gasteiger partial charge in [0.05, 0.1) is 16.4 Å². The second kappa shape index (κ2) is 11.0. The first kappa shape index (κ1) is 28.1. The Morgan fingerprint density at radius 2 is 1.74 bits per heavy atom. The third kappa shape index (κ3) is 5.19. The fourth-order valence-electron chi connectivity index (χ4n) is 5.74. The molecule has 6 rings (SSSR count). The summed E-state index contributed by atoms with van der Waals surface area (Å²) < 4.78 is 42.1. The summed E-state index contributed by atoms with van der Waals surface area (Å²) in [5, 5.41) is 5.42. The average Bonchev–Trinajstić information content (AvgIpc) is 3.29. The minimum absolute atomic E-state index is 0.202. The quantitative estimate of drug-likeness (QED) is 0.236. The summed E-state index contributed by atoms with van der Waals surface area (Å²) in [6.45, 7) is 5.86. The smallest absolute Gasteiger partial charge is 0.258 e. The van der Waals surface area contributed by atoms with E-state index in [0.717, 1.165) is 33.2 Å². The van der Waals surface area contributed by atoms with Gasteiger partial charge in [0.15, 0.2) is 0 Å². The Morgan fingerprint density at radius 3 is 2.45 bits per heavy atom. The zero-order valence-electron chi connectivity index (χ0n) is 23.7. The highest BCUT2D eigenvalue weighted by Gasteiger charge is 2.30. The topological polar surface area (TPSA) is 83.0 Å². The average molecular weight is 588 g/mol. The maximum atomic E-state index is 13.6. The summed E-state index contributed by atoms with van der Waals surface area (Å²) in [6.07, 6.45) is 5.09. The molecule has 0 atom stereocenters. The largest absolute Gasteiger partial charge is 0.325 e. The number of nitrogens with zero attached hydrogens (tertiary/aromatic N) is 3. The number of fused-ring (bicyclic) bond motifs is 3. The zero-order chi connectivity index (χ0) is 29.6. The summed E-state index contributed by atoms with van der Waals surface area (Å²) in [5.74, 6) is -0.0668. The number of pyridine rings is 1. The number of rotatable bonds is 6. The maximum Gasteiger partial charge on any atom is 0.258 e. The lowest BCUT2D eigenvalue weighted by molar-refractivity contribution is 0.328. The van der Waals surface area contributed by atoms with Crippen molar-refractivity contribution in [3.05, 3.63) is 99.5 Å². The number of H-pyrrole nitrogens is 1. The summed E-state index contributed by atoms with van der Waals surface area (Å²) in [6, 6.07) is 14.4. The number of halogens is 2. The molecule has 0 saturated carbocycles. The molecule has 1 aliphatic rings. The van der Waals surface area contributed by atoms with Crippen LogP contribution in [0, 0.1) is 25.5 Å². The summed E-state index contributed by atoms with van der Waals surface area (Å²) >= 11 is 0. The Balaban J connectivity index is 1.22. The van der Waals surface area contributed by atoms with Gasteiger partial charge in [-0.05, 0) is 85.0 Å². The van der Waals surface area contributed by atoms with E-state index in [1.54, 1.807) is 18.2 Å². The van der Waals surface area contributed by atoms with Crippen LogP contribution in [0.2, 0.25) is 0 Å². The van der Waals surface area contributed by atoms with Crippen molar-refractivity contribution < 1.29 is 13.3 Å². The number of aryl methyl sites for hydroxylation is 3. The van der Waals surface area contributed by atoms with Crippen molar-refractivity contribution in [3.63, 3.8) is 0 Å². The number of aromatic nitrogens is 3. The molecule has 1 saturated heterocycles. The Kier molecular flexibility index (Phi) is 7.33. The van der Waals surface area contributed by atoms with Crippen LogP contribution in [-0.2, 0) is 11.6 Å². The fraction of sp³-hybridized carbons (Fsp3) is 0.250. The molecule has 2 N–H and O–H groups in total. The normalized spacial score (nSPS) is 15.6. The lowest BCUT2D eigenvalue weighted by atomic mass is 10.0. The Morgan fingerprint density at radius 1 is 1.02 bits per heavy atom. The van der Waals surface area contributed by atoms with Crippen molar-refractivity contribution in [1.82, 2.24) is 19.4 Å². The van der Waals surface area contributed by atoms with Crippen molar-refractivity contribution in [2.24, 2.45) is 7.05 Å². The van der Waals surface area contributed by atoms with Gasteiger partial charge in [0.25, 0.3) is 5.56 Å². The van der Waals surface area contributed by atoms with E-state index in [0.29, 0.717) is 54.3 Å². The number of anilines is 2. The minimum Gasteiger partial charge on any atom is -0.325 e. The second-order valence-electron chi connectivity index (χ2n) is 10.9. The molecular weight excluding hydrogens is 555 g/mol. The predicted octanol–water partition coefficient (Wildman–Crippen LogP) is 6.07. The highest BCUT2D eigenvalue weighted by molar-refractivity contribution is 7.71. The Bertz CT molecular complexity index is 1950. The zero-order valence-corrected chi connectivity index (χ0v) is 24.6. The molecule has 3 heterocycles. The van der Waals surface area contributed by atoms with Crippen molar-refractivity contribution >= 4 is 52.0 Å². The van der Waals surface area contributed by atoms with Gasteiger partial charge < -0.3 is 19.4 Å². The van der Waals surface area contributed by atoms with Crippen LogP contribution >= 0.6 is 7.14 Å². The van der Waals surface area contributed by atoms with E-state index in [1.165, 1.54) is 24.3 Å². The molecule has 1 fully saturated rings. The van der Waals surface area contributed by atoms with Gasteiger partial charge in [-0.2, -0.15) is 0 Å². The van der Waals surface area contributed by atoms with Crippen LogP contribution in [0.1, 0.15) is 16.8 Å². The van der Waals surface area contributed by atoms with Gasteiger partial charge in [-0.3, -0.25) is 9.69 Å². The molecule has 42 heavy (non-hydrogen) atoms. The first-order chi connectivity index (χ1) is 20.1. The number of nitrogens with one attached hydrogen (secondary N) is 2. The standard InChI is InChI=1S/C32H32F2N5O2P/c1-20-19-23(34)8-12-26(20)36-32-37-28-13-11-25-21(2)27(35-31(40)29(25)30(28)38(32)3)5-4-14-39-15-17-42(41,18-16-39)24-9-6-22(33)7-10-24/h4-13,19H,14-18H2,1-3H3,(H,35,40)(H,36,37)/b5-4+. The van der Waals surface area contributed by atoms with Crippen LogP contribution in [0.4, 0.5) is 20.4 Å². The molecule has 0 aliphatic carbocycles. The van der Waals surface area contributed by atoms with Crippen LogP contribution in [0.5, 0.6) is 0 Å². The molecule has 0 unspecified atom stereocenters. The van der Waals surface area contributed by atoms with Gasteiger partial charge in [0.1, 0.15) is 18.8 Å². The maximum absolute atomic E-state index is 13.6. The van der Waals surface area contributed by atoms with Crippen molar-refractivity contribution in [2.45, 2.75) is 13.8 Å². The van der Waals surface area contributed by atoms with Gasteiger partial charge in [-0.1, -0.05) is 12.1 Å². The molecule has 3 aromatic carbocycles. The van der Waals surface area contributed by atoms with Crippen molar-refractivity contribution in [3.8, 4) is 0 Å². The minimum atomic E-state index is -2.51. The van der Waals surface area contributed by atoms with Crippen molar-refractivity contribution in [2.75, 3.05) is 37.3 Å². The lowest BCUT2D eigenvalue weighted by Crippen LogP contribution is -2.37. The molecule has 2 aromatic heterocycles. The number of hydrogen-bond donors (Lipinski definition) is 2. The summed E-state index contributed by atoms with van der Waals surface area (Å²) in [4.78, 5) is 23.4. The third-order valence-corrected chi connectivity index (χ3v) is 11.3. The van der Waals surface area contributed by atoms with E-state index in [9.17, 15) is 18.1 Å². The van der Waals surface area contributed by atoms with Crippen LogP contribution in [0.3, 0.4) is 0 Å². The van der Waals surface area contributed by atoms with Gasteiger partial charge in [0.2, 0.25) is 5.95 Å². The number of benzene rings is 3. The summed E-state index contributed by atoms with van der Waals surface area (Å²) in [5.41, 5.74) is 4.38. The van der Waals surface area contributed by atoms with Crippen LogP contribution in [0.15, 0.2) is 65.5 Å². The van der Waals surface area contributed by atoms with Gasteiger partial charge in [-0.15, -0.1) is 0 Å². The van der Waals surface area contributed by atoms with E-state index in [1.807, 2.05) is 49.7 Å². The van der Waals surface area contributed by atoms with E-state index in [2.05, 4.69) is 15.2 Å². The van der Waals surface area contributed by atoms with Gasteiger partial charge in [0, 0.05) is 55.7 Å². The molecule has 0 amide bonds. The first-order valence-corrected chi connectivity index (χ1v) is 16.0. The van der Waals surface area contributed by atoms with Crippen molar-refractivity contribution in [1.29, 1.82) is 0 Å². The highest BCUT2D eigenvalue weighted by Crippen LogP contribution is 2.46. The summed E-state index contributed by atoms with van der Waals surface area (Å²) in [7, 11) is -0.656. The third-order valence-electron chi connectivity index (χ3n) is 8.25. The molecule has 1 aliphatic heterocycles. The number of aromatic amines is 1. The molecule has 0 radical (unpaired) electrons. The molecule has 10 heteroatoms. The molecular formula is C32H32F2N5O2P. The highest BCUT2D eigenvalue weighted by atomic mass is 31.2.